The minimum Gasteiger partial charge on any atom is -0.360 e. The first-order valence-electron chi connectivity index (χ1n) is 7.67. The Morgan fingerprint density at radius 3 is 2.60 bits per heavy atom. The maximum Gasteiger partial charge on any atom is 0.271 e. The number of rotatable bonds is 4. The van der Waals surface area contributed by atoms with Crippen LogP contribution in [0.3, 0.4) is 0 Å². The second-order valence-corrected chi connectivity index (χ2v) is 6.10. The summed E-state index contributed by atoms with van der Waals surface area (Å²) in [6, 6.07) is 10.4. The van der Waals surface area contributed by atoms with Crippen LogP contribution in [0.1, 0.15) is 33.1 Å². The third kappa shape index (κ3) is 3.64. The van der Waals surface area contributed by atoms with Crippen molar-refractivity contribution in [1.82, 2.24) is 15.1 Å². The lowest BCUT2D eigenvalue weighted by Gasteiger charge is -2.03. The van der Waals surface area contributed by atoms with Gasteiger partial charge in [0.15, 0.2) is 5.82 Å². The van der Waals surface area contributed by atoms with E-state index in [4.69, 9.17) is 16.1 Å². The Kier molecular flexibility index (Phi) is 4.72. The zero-order valence-corrected chi connectivity index (χ0v) is 14.8. The molecule has 0 radical (unpaired) electrons. The molecule has 0 fully saturated rings. The Hall–Kier alpha value is -2.86. The van der Waals surface area contributed by atoms with E-state index in [9.17, 15) is 4.79 Å². The van der Waals surface area contributed by atoms with Crippen molar-refractivity contribution >= 4 is 23.7 Å². The number of hydrazone groups is 1. The van der Waals surface area contributed by atoms with Crippen molar-refractivity contribution in [3.63, 3.8) is 0 Å². The number of carbonyl (C=O) groups excluding carboxylic acids is 1. The van der Waals surface area contributed by atoms with E-state index in [-0.39, 0.29) is 5.91 Å². The average molecular weight is 357 g/mol. The maximum atomic E-state index is 12.0. The highest BCUT2D eigenvalue weighted by molar-refractivity contribution is 6.30. The lowest BCUT2D eigenvalue weighted by atomic mass is 10.2. The smallest absolute Gasteiger partial charge is 0.271 e. The number of benzene rings is 1. The summed E-state index contributed by atoms with van der Waals surface area (Å²) in [4.78, 5) is 12.0. The Morgan fingerprint density at radius 2 is 1.96 bits per heavy atom. The lowest BCUT2D eigenvalue weighted by Crippen LogP contribution is -2.17. The molecule has 3 aromatic rings. The molecule has 6 nitrogen and oxygen atoms in total. The molecule has 0 aliphatic heterocycles. The largest absolute Gasteiger partial charge is 0.360 e. The highest BCUT2D eigenvalue weighted by Crippen LogP contribution is 2.19. The zero-order valence-electron chi connectivity index (χ0n) is 14.1. The first-order chi connectivity index (χ1) is 12.0. The summed E-state index contributed by atoms with van der Waals surface area (Å²) < 4.78 is 7.11. The second kappa shape index (κ2) is 6.94. The molecule has 3 rings (SSSR count). The Morgan fingerprint density at radius 1 is 1.24 bits per heavy atom. The third-order valence-corrected chi connectivity index (χ3v) is 4.04. The van der Waals surface area contributed by atoms with Gasteiger partial charge >= 0.3 is 0 Å². The van der Waals surface area contributed by atoms with Gasteiger partial charge in [0.2, 0.25) is 0 Å². The quantitative estimate of drug-likeness (QED) is 0.570. The Balaban J connectivity index is 1.76. The number of hydrogen-bond acceptors (Lipinski definition) is 4. The topological polar surface area (TPSA) is 72.4 Å². The summed E-state index contributed by atoms with van der Waals surface area (Å²) in [6.45, 7) is 5.78. The molecule has 2 aromatic heterocycles. The van der Waals surface area contributed by atoms with Gasteiger partial charge in [0.25, 0.3) is 5.91 Å². The van der Waals surface area contributed by atoms with Crippen LogP contribution in [0.25, 0.3) is 5.82 Å². The molecule has 25 heavy (non-hydrogen) atoms. The minimum atomic E-state index is -0.297. The van der Waals surface area contributed by atoms with Gasteiger partial charge in [-0.05, 0) is 51.1 Å². The molecule has 0 aliphatic carbocycles. The molecule has 0 saturated heterocycles. The van der Waals surface area contributed by atoms with Crippen molar-refractivity contribution in [3.8, 4) is 5.82 Å². The van der Waals surface area contributed by atoms with Crippen molar-refractivity contribution < 1.29 is 9.32 Å². The van der Waals surface area contributed by atoms with E-state index in [0.717, 1.165) is 28.5 Å². The molecule has 0 atom stereocenters. The van der Waals surface area contributed by atoms with Gasteiger partial charge in [-0.1, -0.05) is 16.8 Å². The lowest BCUT2D eigenvalue weighted by molar-refractivity contribution is 0.0955. The van der Waals surface area contributed by atoms with Crippen LogP contribution in [0.2, 0.25) is 5.02 Å². The van der Waals surface area contributed by atoms with Crippen molar-refractivity contribution in [2.24, 2.45) is 5.10 Å². The van der Waals surface area contributed by atoms with E-state index in [1.807, 2.05) is 37.5 Å². The first-order valence-corrected chi connectivity index (χ1v) is 8.05. The van der Waals surface area contributed by atoms with Crippen molar-refractivity contribution in [1.29, 1.82) is 0 Å². The third-order valence-electron chi connectivity index (χ3n) is 3.79. The minimum absolute atomic E-state index is 0.297. The normalized spacial score (nSPS) is 11.2. The van der Waals surface area contributed by atoms with Gasteiger partial charge in [0, 0.05) is 33.6 Å². The highest BCUT2D eigenvalue weighted by Gasteiger charge is 2.12. The number of halogens is 1. The highest BCUT2D eigenvalue weighted by atomic mass is 35.5. The molecule has 0 bridgehead atoms. The predicted molar refractivity (Wildman–Crippen MR) is 96.6 cm³/mol. The van der Waals surface area contributed by atoms with E-state index < -0.39 is 0 Å². The van der Waals surface area contributed by atoms with E-state index in [0.29, 0.717) is 10.6 Å². The van der Waals surface area contributed by atoms with Gasteiger partial charge in [-0.25, -0.2) is 5.43 Å². The van der Waals surface area contributed by atoms with Crippen LogP contribution in [0.5, 0.6) is 0 Å². The Bertz CT molecular complexity index is 939. The standard InChI is InChI=1S/C18H17ClN4O2/c1-11-8-15(13(3)23(11)17-9-12(2)25-22-17)10-20-21-18(24)14-4-6-16(19)7-5-14/h4-10H,1-3H3,(H,21,24)/b20-10-. The fourth-order valence-corrected chi connectivity index (χ4v) is 2.68. The van der Waals surface area contributed by atoms with Gasteiger partial charge in [0.1, 0.15) is 5.76 Å². The summed E-state index contributed by atoms with van der Waals surface area (Å²) >= 11 is 5.81. The number of aromatic nitrogens is 2. The number of nitrogens with one attached hydrogen (secondary N) is 1. The first kappa shape index (κ1) is 17.0. The van der Waals surface area contributed by atoms with E-state index in [1.54, 1.807) is 30.5 Å². The van der Waals surface area contributed by atoms with Crippen molar-refractivity contribution in [2.75, 3.05) is 0 Å². The molecule has 7 heteroatoms. The monoisotopic (exact) mass is 356 g/mol. The summed E-state index contributed by atoms with van der Waals surface area (Å²) in [5.41, 5.74) is 5.84. The predicted octanol–water partition coefficient (Wildman–Crippen LogP) is 3.81. The summed E-state index contributed by atoms with van der Waals surface area (Å²) in [5, 5.41) is 8.66. The number of aryl methyl sites for hydroxylation is 2. The molecule has 128 valence electrons. The molecule has 1 amide bonds. The fraction of sp³-hybridized carbons (Fsp3) is 0.167. The van der Waals surface area contributed by atoms with Gasteiger partial charge in [-0.15, -0.1) is 0 Å². The molecule has 0 aliphatic rings. The number of carbonyl (C=O) groups is 1. The fourth-order valence-electron chi connectivity index (χ4n) is 2.56. The van der Waals surface area contributed by atoms with Crippen LogP contribution in [-0.4, -0.2) is 21.8 Å². The summed E-state index contributed by atoms with van der Waals surface area (Å²) in [7, 11) is 0. The molecule has 0 spiro atoms. The van der Waals surface area contributed by atoms with Crippen LogP contribution in [0.15, 0.2) is 46.0 Å². The van der Waals surface area contributed by atoms with Crippen LogP contribution in [-0.2, 0) is 0 Å². The van der Waals surface area contributed by atoms with Crippen LogP contribution in [0, 0.1) is 20.8 Å². The van der Waals surface area contributed by atoms with Crippen LogP contribution < -0.4 is 5.43 Å². The summed E-state index contributed by atoms with van der Waals surface area (Å²) in [6.07, 6.45) is 1.61. The molecule has 2 heterocycles. The van der Waals surface area contributed by atoms with E-state index >= 15 is 0 Å². The molecule has 1 aromatic carbocycles. The second-order valence-electron chi connectivity index (χ2n) is 5.66. The van der Waals surface area contributed by atoms with Crippen LogP contribution in [0.4, 0.5) is 0 Å². The number of amides is 1. The SMILES string of the molecule is Cc1cc(-n2c(C)cc(/C=N\NC(=O)c3ccc(Cl)cc3)c2C)no1. The average Bonchev–Trinajstić information content (AvgIpc) is 3.11. The zero-order chi connectivity index (χ0) is 18.0. The molecular weight excluding hydrogens is 340 g/mol. The number of nitrogens with zero attached hydrogens (tertiary/aromatic N) is 3. The molecule has 0 saturated carbocycles. The van der Waals surface area contributed by atoms with E-state index in [2.05, 4.69) is 15.7 Å². The van der Waals surface area contributed by atoms with Gasteiger partial charge < -0.3 is 4.52 Å². The van der Waals surface area contributed by atoms with Gasteiger partial charge in [-0.3, -0.25) is 9.36 Å². The molecule has 1 N–H and O–H groups in total. The maximum absolute atomic E-state index is 12.0. The van der Waals surface area contributed by atoms with Crippen molar-refractivity contribution in [2.45, 2.75) is 20.8 Å². The Labute approximate surface area is 150 Å². The molecular formula is C18H17ClN4O2. The van der Waals surface area contributed by atoms with Gasteiger partial charge in [0.05, 0.1) is 6.21 Å². The van der Waals surface area contributed by atoms with Gasteiger partial charge in [-0.2, -0.15) is 5.10 Å². The summed E-state index contributed by atoms with van der Waals surface area (Å²) in [5.74, 6) is 1.17. The molecule has 0 unspecified atom stereocenters. The van der Waals surface area contributed by atoms with Crippen molar-refractivity contribution in [3.05, 3.63) is 69.7 Å². The number of hydrogen-bond donors (Lipinski definition) is 1. The van der Waals surface area contributed by atoms with Crippen LogP contribution >= 0.6 is 11.6 Å². The van der Waals surface area contributed by atoms with E-state index in [1.165, 1.54) is 0 Å².